The van der Waals surface area contributed by atoms with Crippen molar-refractivity contribution in [1.29, 1.82) is 0 Å². The second-order valence-corrected chi connectivity index (χ2v) is 6.28. The molecule has 1 aliphatic rings. The molecule has 1 saturated heterocycles. The summed E-state index contributed by atoms with van der Waals surface area (Å²) in [6, 6.07) is 8.30. The van der Waals surface area contributed by atoms with E-state index in [0.29, 0.717) is 12.5 Å². The van der Waals surface area contributed by atoms with Crippen LogP contribution < -0.4 is 4.90 Å². The van der Waals surface area contributed by atoms with E-state index in [0.717, 1.165) is 31.9 Å². The number of likely N-dealkylation sites (N-methyl/N-ethyl adjacent to an activating group) is 2. The summed E-state index contributed by atoms with van der Waals surface area (Å²) in [5.41, 5.74) is 2.28. The van der Waals surface area contributed by atoms with Crippen molar-refractivity contribution in [2.45, 2.75) is 19.8 Å². The lowest BCUT2D eigenvalue weighted by Gasteiger charge is -2.32. The summed E-state index contributed by atoms with van der Waals surface area (Å²) >= 11 is 0. The maximum atomic E-state index is 12.4. The van der Waals surface area contributed by atoms with Gasteiger partial charge in [0.05, 0.1) is 6.54 Å². The molecule has 0 unspecified atom stereocenters. The lowest BCUT2D eigenvalue weighted by molar-refractivity contribution is -0.119. The summed E-state index contributed by atoms with van der Waals surface area (Å²) in [5, 5.41) is 0. The van der Waals surface area contributed by atoms with E-state index in [1.807, 2.05) is 19.2 Å². The Balaban J connectivity index is 1.92. The van der Waals surface area contributed by atoms with Crippen molar-refractivity contribution in [3.8, 4) is 0 Å². The van der Waals surface area contributed by atoms with Gasteiger partial charge in [-0.3, -0.25) is 9.69 Å². The fourth-order valence-electron chi connectivity index (χ4n) is 2.53. The quantitative estimate of drug-likeness (QED) is 0.848. The maximum Gasteiger partial charge on any atom is 0.240 e. The molecule has 1 amide bonds. The highest BCUT2D eigenvalue weighted by atomic mass is 16.2. The zero-order valence-corrected chi connectivity index (χ0v) is 13.7. The first-order valence-corrected chi connectivity index (χ1v) is 7.75. The molecule has 1 heterocycles. The minimum absolute atomic E-state index is 0.164. The van der Waals surface area contributed by atoms with E-state index < -0.39 is 0 Å². The van der Waals surface area contributed by atoms with Gasteiger partial charge in [0.1, 0.15) is 0 Å². The van der Waals surface area contributed by atoms with E-state index in [2.05, 4.69) is 42.8 Å². The molecule has 0 saturated carbocycles. The highest BCUT2D eigenvalue weighted by molar-refractivity contribution is 5.94. The number of rotatable bonds is 4. The number of carbonyl (C=O) groups is 1. The van der Waals surface area contributed by atoms with Crippen LogP contribution in [0.3, 0.4) is 0 Å². The number of amides is 1. The van der Waals surface area contributed by atoms with Gasteiger partial charge < -0.3 is 9.80 Å². The number of piperazine rings is 1. The number of carbonyl (C=O) groups excluding carboxylic acids is 1. The highest BCUT2D eigenvalue weighted by Gasteiger charge is 2.19. The Morgan fingerprint density at radius 3 is 2.24 bits per heavy atom. The SMILES string of the molecule is CC(C)c1ccc(N(C)C(=O)CN2CCN(C)CC2)cc1. The minimum Gasteiger partial charge on any atom is -0.314 e. The molecule has 116 valence electrons. The van der Waals surface area contributed by atoms with E-state index in [-0.39, 0.29) is 5.91 Å². The zero-order chi connectivity index (χ0) is 15.4. The highest BCUT2D eigenvalue weighted by Crippen LogP contribution is 2.19. The number of nitrogens with zero attached hydrogens (tertiary/aromatic N) is 3. The Hall–Kier alpha value is -1.39. The van der Waals surface area contributed by atoms with E-state index >= 15 is 0 Å². The summed E-state index contributed by atoms with van der Waals surface area (Å²) in [7, 11) is 3.99. The minimum atomic E-state index is 0.164. The van der Waals surface area contributed by atoms with Crippen molar-refractivity contribution < 1.29 is 4.79 Å². The first kappa shape index (κ1) is 16.0. The van der Waals surface area contributed by atoms with Crippen LogP contribution >= 0.6 is 0 Å². The fraction of sp³-hybridized carbons (Fsp3) is 0.588. The van der Waals surface area contributed by atoms with Crippen LogP contribution in [-0.4, -0.2) is 62.5 Å². The van der Waals surface area contributed by atoms with Crippen molar-refractivity contribution in [2.24, 2.45) is 0 Å². The molecule has 4 nitrogen and oxygen atoms in total. The van der Waals surface area contributed by atoms with Crippen LogP contribution in [0, 0.1) is 0 Å². The predicted molar refractivity (Wildman–Crippen MR) is 87.9 cm³/mol. The van der Waals surface area contributed by atoms with Gasteiger partial charge in [0.2, 0.25) is 5.91 Å². The number of benzene rings is 1. The molecular formula is C17H27N3O. The Kier molecular flexibility index (Phi) is 5.37. The molecular weight excluding hydrogens is 262 g/mol. The first-order valence-electron chi connectivity index (χ1n) is 7.75. The molecule has 4 heteroatoms. The number of hydrogen-bond donors (Lipinski definition) is 0. The summed E-state index contributed by atoms with van der Waals surface area (Å²) in [5.74, 6) is 0.683. The molecule has 0 aliphatic carbocycles. The van der Waals surface area contributed by atoms with Crippen molar-refractivity contribution in [1.82, 2.24) is 9.80 Å². The van der Waals surface area contributed by atoms with Crippen LogP contribution in [0.5, 0.6) is 0 Å². The van der Waals surface area contributed by atoms with E-state index in [9.17, 15) is 4.79 Å². The molecule has 2 rings (SSSR count). The maximum absolute atomic E-state index is 12.4. The number of anilines is 1. The molecule has 1 aromatic rings. The molecule has 1 fully saturated rings. The summed E-state index contributed by atoms with van der Waals surface area (Å²) in [6.07, 6.45) is 0. The molecule has 0 N–H and O–H groups in total. The molecule has 0 aromatic heterocycles. The predicted octanol–water partition coefficient (Wildman–Crippen LogP) is 2.02. The molecule has 1 aliphatic heterocycles. The van der Waals surface area contributed by atoms with Crippen molar-refractivity contribution in [3.05, 3.63) is 29.8 Å². The van der Waals surface area contributed by atoms with Crippen molar-refractivity contribution in [3.63, 3.8) is 0 Å². The van der Waals surface area contributed by atoms with Crippen molar-refractivity contribution >= 4 is 11.6 Å². The molecule has 21 heavy (non-hydrogen) atoms. The summed E-state index contributed by atoms with van der Waals surface area (Å²) in [6.45, 7) is 8.90. The molecule has 0 spiro atoms. The average Bonchev–Trinajstić information content (AvgIpc) is 2.49. The summed E-state index contributed by atoms with van der Waals surface area (Å²) < 4.78 is 0. The fourth-order valence-corrected chi connectivity index (χ4v) is 2.53. The lowest BCUT2D eigenvalue weighted by Crippen LogP contribution is -2.48. The van der Waals surface area contributed by atoms with Gasteiger partial charge in [-0.05, 0) is 30.7 Å². The monoisotopic (exact) mass is 289 g/mol. The van der Waals surface area contributed by atoms with E-state index in [1.165, 1.54) is 5.56 Å². The topological polar surface area (TPSA) is 26.8 Å². The third kappa shape index (κ3) is 4.29. The van der Waals surface area contributed by atoms with Gasteiger partial charge in [-0.15, -0.1) is 0 Å². The third-order valence-electron chi connectivity index (χ3n) is 4.28. The van der Waals surface area contributed by atoms with Gasteiger partial charge in [0, 0.05) is 38.9 Å². The second kappa shape index (κ2) is 7.05. The Morgan fingerprint density at radius 2 is 1.71 bits per heavy atom. The van der Waals surface area contributed by atoms with Crippen LogP contribution in [0.25, 0.3) is 0 Å². The van der Waals surface area contributed by atoms with Crippen LogP contribution in [0.4, 0.5) is 5.69 Å². The standard InChI is InChI=1S/C17H27N3O/c1-14(2)15-5-7-16(8-6-15)19(4)17(21)13-20-11-9-18(3)10-12-20/h5-8,14H,9-13H2,1-4H3. The van der Waals surface area contributed by atoms with Crippen molar-refractivity contribution in [2.75, 3.05) is 51.7 Å². The van der Waals surface area contributed by atoms with Gasteiger partial charge in [-0.25, -0.2) is 0 Å². The third-order valence-corrected chi connectivity index (χ3v) is 4.28. The summed E-state index contributed by atoms with van der Waals surface area (Å²) in [4.78, 5) is 18.7. The smallest absolute Gasteiger partial charge is 0.240 e. The van der Waals surface area contributed by atoms with E-state index in [4.69, 9.17) is 0 Å². The molecule has 1 aromatic carbocycles. The first-order chi connectivity index (χ1) is 9.97. The Bertz CT molecular complexity index is 461. The second-order valence-electron chi connectivity index (χ2n) is 6.28. The van der Waals surface area contributed by atoms with Crippen LogP contribution in [-0.2, 0) is 4.79 Å². The Morgan fingerprint density at radius 1 is 1.14 bits per heavy atom. The number of hydrogen-bond acceptors (Lipinski definition) is 3. The zero-order valence-electron chi connectivity index (χ0n) is 13.7. The average molecular weight is 289 g/mol. The van der Waals surface area contributed by atoms with Gasteiger partial charge >= 0.3 is 0 Å². The van der Waals surface area contributed by atoms with Gasteiger partial charge in [0.25, 0.3) is 0 Å². The van der Waals surface area contributed by atoms with Gasteiger partial charge in [-0.1, -0.05) is 26.0 Å². The van der Waals surface area contributed by atoms with E-state index in [1.54, 1.807) is 4.90 Å². The largest absolute Gasteiger partial charge is 0.314 e. The lowest BCUT2D eigenvalue weighted by atomic mass is 10.0. The molecule has 0 bridgehead atoms. The van der Waals surface area contributed by atoms with Gasteiger partial charge in [-0.2, -0.15) is 0 Å². The normalized spacial score (nSPS) is 17.2. The molecule has 0 radical (unpaired) electrons. The van der Waals surface area contributed by atoms with Crippen LogP contribution in [0.1, 0.15) is 25.3 Å². The Labute approximate surface area is 128 Å². The van der Waals surface area contributed by atoms with Gasteiger partial charge in [0.15, 0.2) is 0 Å². The van der Waals surface area contributed by atoms with Crippen LogP contribution in [0.15, 0.2) is 24.3 Å². The van der Waals surface area contributed by atoms with Crippen LogP contribution in [0.2, 0.25) is 0 Å². The molecule has 0 atom stereocenters.